The lowest BCUT2D eigenvalue weighted by Gasteiger charge is -2.27. The van der Waals surface area contributed by atoms with Crippen LogP contribution in [-0.4, -0.2) is 39.9 Å². The van der Waals surface area contributed by atoms with Crippen LogP contribution in [0.25, 0.3) is 0 Å². The molecule has 0 saturated carbocycles. The Bertz CT molecular complexity index is 724. The average Bonchev–Trinajstić information content (AvgIpc) is 2.65. The Morgan fingerprint density at radius 3 is 2.22 bits per heavy atom. The lowest BCUT2D eigenvalue weighted by Crippen LogP contribution is -2.37. The molecule has 5 heteroatoms. The predicted octanol–water partition coefficient (Wildman–Crippen LogP) is 4.46. The highest BCUT2D eigenvalue weighted by Crippen LogP contribution is 2.16. The van der Waals surface area contributed by atoms with E-state index in [9.17, 15) is 4.79 Å². The molecule has 1 aromatic heterocycles. The zero-order chi connectivity index (χ0) is 19.8. The molecule has 0 atom stereocenters. The van der Waals surface area contributed by atoms with Gasteiger partial charge < -0.3 is 9.80 Å². The first-order chi connectivity index (χ1) is 13.0. The van der Waals surface area contributed by atoms with Crippen molar-refractivity contribution in [2.45, 2.75) is 60.0 Å². The standard InChI is InChI=1S/C22H32N4O/c1-6-13-25(14-7-2)22-23-18(5)15-20(24-22)21(27)26(17(3)4)16-19-11-9-8-10-12-19/h8-12,15,17H,6-7,13-14,16H2,1-5H3. The topological polar surface area (TPSA) is 49.3 Å². The van der Waals surface area contributed by atoms with Crippen molar-refractivity contribution in [2.75, 3.05) is 18.0 Å². The van der Waals surface area contributed by atoms with Gasteiger partial charge in [0.05, 0.1) is 0 Å². The summed E-state index contributed by atoms with van der Waals surface area (Å²) in [7, 11) is 0. The molecule has 0 fully saturated rings. The van der Waals surface area contributed by atoms with Crippen molar-refractivity contribution >= 4 is 11.9 Å². The first-order valence-corrected chi connectivity index (χ1v) is 9.91. The maximum atomic E-state index is 13.3. The molecule has 1 heterocycles. The molecule has 0 spiro atoms. The highest BCUT2D eigenvalue weighted by Gasteiger charge is 2.22. The smallest absolute Gasteiger partial charge is 0.273 e. The molecule has 2 rings (SSSR count). The van der Waals surface area contributed by atoms with Crippen LogP contribution in [0.1, 0.15) is 62.3 Å². The molecule has 146 valence electrons. The summed E-state index contributed by atoms with van der Waals surface area (Å²) in [5, 5.41) is 0. The monoisotopic (exact) mass is 368 g/mol. The van der Waals surface area contributed by atoms with Gasteiger partial charge in [-0.05, 0) is 45.2 Å². The van der Waals surface area contributed by atoms with Gasteiger partial charge in [-0.2, -0.15) is 0 Å². The van der Waals surface area contributed by atoms with Gasteiger partial charge in [0.1, 0.15) is 5.69 Å². The minimum atomic E-state index is -0.0476. The number of rotatable bonds is 9. The fourth-order valence-corrected chi connectivity index (χ4v) is 3.07. The predicted molar refractivity (Wildman–Crippen MR) is 111 cm³/mol. The number of carbonyl (C=O) groups is 1. The Hall–Kier alpha value is -2.43. The number of anilines is 1. The molecule has 27 heavy (non-hydrogen) atoms. The second kappa shape index (κ2) is 10.0. The highest BCUT2D eigenvalue weighted by atomic mass is 16.2. The van der Waals surface area contributed by atoms with E-state index in [0.717, 1.165) is 37.2 Å². The number of aromatic nitrogens is 2. The van der Waals surface area contributed by atoms with Crippen LogP contribution in [0.5, 0.6) is 0 Å². The van der Waals surface area contributed by atoms with Gasteiger partial charge in [0.2, 0.25) is 5.95 Å². The van der Waals surface area contributed by atoms with Crippen molar-refractivity contribution in [1.82, 2.24) is 14.9 Å². The molecule has 1 amide bonds. The van der Waals surface area contributed by atoms with Gasteiger partial charge in [-0.3, -0.25) is 4.79 Å². The quantitative estimate of drug-likeness (QED) is 0.655. The normalized spacial score (nSPS) is 10.9. The van der Waals surface area contributed by atoms with Gasteiger partial charge in [-0.25, -0.2) is 9.97 Å². The molecule has 0 bridgehead atoms. The largest absolute Gasteiger partial charge is 0.341 e. The van der Waals surface area contributed by atoms with Crippen LogP contribution in [0.15, 0.2) is 36.4 Å². The minimum absolute atomic E-state index is 0.0476. The molecule has 0 unspecified atom stereocenters. The summed E-state index contributed by atoms with van der Waals surface area (Å²) in [6, 6.07) is 12.0. The maximum absolute atomic E-state index is 13.3. The SMILES string of the molecule is CCCN(CCC)c1nc(C)cc(C(=O)N(Cc2ccccc2)C(C)C)n1. The molecule has 0 aliphatic carbocycles. The zero-order valence-electron chi connectivity index (χ0n) is 17.3. The third-order valence-electron chi connectivity index (χ3n) is 4.41. The van der Waals surface area contributed by atoms with Crippen LogP contribution in [0.3, 0.4) is 0 Å². The summed E-state index contributed by atoms with van der Waals surface area (Å²) in [5.74, 6) is 0.610. The lowest BCUT2D eigenvalue weighted by atomic mass is 10.1. The number of amides is 1. The van der Waals surface area contributed by atoms with E-state index in [1.165, 1.54) is 0 Å². The van der Waals surface area contributed by atoms with E-state index in [0.29, 0.717) is 18.2 Å². The van der Waals surface area contributed by atoms with Crippen LogP contribution in [0, 0.1) is 6.92 Å². The van der Waals surface area contributed by atoms with Crippen molar-refractivity contribution in [1.29, 1.82) is 0 Å². The number of hydrogen-bond acceptors (Lipinski definition) is 4. The molecule has 0 aliphatic rings. The third-order valence-corrected chi connectivity index (χ3v) is 4.41. The van der Waals surface area contributed by atoms with E-state index in [1.54, 1.807) is 6.07 Å². The van der Waals surface area contributed by atoms with Crippen LogP contribution < -0.4 is 4.90 Å². The maximum Gasteiger partial charge on any atom is 0.273 e. The van der Waals surface area contributed by atoms with Gasteiger partial charge in [-0.1, -0.05) is 44.2 Å². The van der Waals surface area contributed by atoms with Crippen LogP contribution in [-0.2, 0) is 6.54 Å². The van der Waals surface area contributed by atoms with Crippen LogP contribution in [0.2, 0.25) is 0 Å². The summed E-state index contributed by atoms with van der Waals surface area (Å²) in [6.45, 7) is 12.6. The van der Waals surface area contributed by atoms with E-state index in [4.69, 9.17) is 0 Å². The van der Waals surface area contributed by atoms with E-state index in [1.807, 2.05) is 56.0 Å². The molecule has 0 aliphatic heterocycles. The first-order valence-electron chi connectivity index (χ1n) is 9.91. The summed E-state index contributed by atoms with van der Waals surface area (Å²) in [6.07, 6.45) is 2.04. The third kappa shape index (κ3) is 5.78. The first kappa shape index (κ1) is 20.9. The summed E-state index contributed by atoms with van der Waals surface area (Å²) in [4.78, 5) is 26.5. The van der Waals surface area contributed by atoms with E-state index >= 15 is 0 Å². The van der Waals surface area contributed by atoms with E-state index in [2.05, 4.69) is 28.7 Å². The van der Waals surface area contributed by atoms with Crippen LogP contribution in [0.4, 0.5) is 5.95 Å². The summed E-state index contributed by atoms with van der Waals surface area (Å²) >= 11 is 0. The Morgan fingerprint density at radius 2 is 1.67 bits per heavy atom. The molecule has 0 N–H and O–H groups in total. The Kier molecular flexibility index (Phi) is 7.77. The molecule has 2 aromatic rings. The number of nitrogens with zero attached hydrogens (tertiary/aromatic N) is 4. The van der Waals surface area contributed by atoms with E-state index in [-0.39, 0.29) is 11.9 Å². The van der Waals surface area contributed by atoms with Gasteiger partial charge >= 0.3 is 0 Å². The fourth-order valence-electron chi connectivity index (χ4n) is 3.07. The number of benzene rings is 1. The van der Waals surface area contributed by atoms with Gasteiger partial charge in [0.15, 0.2) is 0 Å². The van der Waals surface area contributed by atoms with Crippen molar-refractivity contribution in [3.05, 3.63) is 53.3 Å². The molecule has 0 radical (unpaired) electrons. The number of hydrogen-bond donors (Lipinski definition) is 0. The average molecular weight is 369 g/mol. The summed E-state index contributed by atoms with van der Waals surface area (Å²) < 4.78 is 0. The number of aryl methyl sites for hydroxylation is 1. The molecule has 0 saturated heterocycles. The molecule has 1 aromatic carbocycles. The minimum Gasteiger partial charge on any atom is -0.341 e. The van der Waals surface area contributed by atoms with Crippen molar-refractivity contribution < 1.29 is 4.79 Å². The Morgan fingerprint density at radius 1 is 1.04 bits per heavy atom. The molecular weight excluding hydrogens is 336 g/mol. The Balaban J connectivity index is 2.32. The van der Waals surface area contributed by atoms with Gasteiger partial charge in [0, 0.05) is 31.4 Å². The molecular formula is C22H32N4O. The van der Waals surface area contributed by atoms with Gasteiger partial charge in [0.25, 0.3) is 5.91 Å². The molecule has 5 nitrogen and oxygen atoms in total. The van der Waals surface area contributed by atoms with Crippen molar-refractivity contribution in [2.24, 2.45) is 0 Å². The highest BCUT2D eigenvalue weighted by molar-refractivity contribution is 5.92. The van der Waals surface area contributed by atoms with Gasteiger partial charge in [-0.15, -0.1) is 0 Å². The number of carbonyl (C=O) groups excluding carboxylic acids is 1. The second-order valence-electron chi connectivity index (χ2n) is 7.19. The summed E-state index contributed by atoms with van der Waals surface area (Å²) in [5.41, 5.74) is 2.41. The van der Waals surface area contributed by atoms with Crippen LogP contribution >= 0.6 is 0 Å². The second-order valence-corrected chi connectivity index (χ2v) is 7.19. The fraction of sp³-hybridized carbons (Fsp3) is 0.500. The van der Waals surface area contributed by atoms with Crippen molar-refractivity contribution in [3.63, 3.8) is 0 Å². The lowest BCUT2D eigenvalue weighted by molar-refractivity contribution is 0.0684. The van der Waals surface area contributed by atoms with E-state index < -0.39 is 0 Å². The zero-order valence-corrected chi connectivity index (χ0v) is 17.3. The Labute approximate surface area is 163 Å². The van der Waals surface area contributed by atoms with Crippen molar-refractivity contribution in [3.8, 4) is 0 Å².